The van der Waals surface area contributed by atoms with Crippen LogP contribution < -0.4 is 5.32 Å². The van der Waals surface area contributed by atoms with E-state index >= 15 is 0 Å². The lowest BCUT2D eigenvalue weighted by Crippen LogP contribution is -2.40. The van der Waals surface area contributed by atoms with Gasteiger partial charge in [-0.3, -0.25) is 9.69 Å². The van der Waals surface area contributed by atoms with Gasteiger partial charge in [-0.05, 0) is 50.8 Å². The summed E-state index contributed by atoms with van der Waals surface area (Å²) in [7, 11) is 2.03. The first-order valence-corrected chi connectivity index (χ1v) is 8.22. The molecule has 2 rings (SSSR count). The molecule has 0 spiro atoms. The molecule has 1 aromatic rings. The number of nitrogens with one attached hydrogen (secondary N) is 1. The monoisotopic (exact) mass is 304 g/mol. The molecule has 4 nitrogen and oxygen atoms in total. The molecule has 0 aliphatic heterocycles. The lowest BCUT2D eigenvalue weighted by Gasteiger charge is -2.23. The van der Waals surface area contributed by atoms with Crippen LogP contribution >= 0.6 is 0 Å². The Morgan fingerprint density at radius 1 is 1.32 bits per heavy atom. The van der Waals surface area contributed by atoms with E-state index in [4.69, 9.17) is 4.74 Å². The molecule has 0 saturated heterocycles. The Morgan fingerprint density at radius 3 is 2.55 bits per heavy atom. The molecule has 1 unspecified atom stereocenters. The number of likely N-dealkylation sites (N-methyl/N-ethyl adjacent to an activating group) is 1. The van der Waals surface area contributed by atoms with Crippen LogP contribution in [0.5, 0.6) is 0 Å². The van der Waals surface area contributed by atoms with Gasteiger partial charge in [0, 0.05) is 19.2 Å². The maximum absolute atomic E-state index is 12.0. The zero-order valence-electron chi connectivity index (χ0n) is 14.0. The van der Waals surface area contributed by atoms with E-state index in [2.05, 4.69) is 29.3 Å². The highest BCUT2D eigenvalue weighted by molar-refractivity contribution is 5.78. The Kier molecular flexibility index (Phi) is 6.40. The number of carbonyl (C=O) groups is 1. The molecule has 1 fully saturated rings. The molecular formula is C18H28N2O2. The zero-order chi connectivity index (χ0) is 15.9. The van der Waals surface area contributed by atoms with Crippen LogP contribution in [0.15, 0.2) is 24.3 Å². The lowest BCUT2D eigenvalue weighted by molar-refractivity contribution is -0.122. The Balaban J connectivity index is 1.71. The molecule has 1 aromatic carbocycles. The SMILES string of the molecule is CCOCc1ccc(CNC(=O)CN(C)C(C)C2CC2)cc1. The van der Waals surface area contributed by atoms with Crippen molar-refractivity contribution in [3.8, 4) is 0 Å². The molecule has 1 aliphatic carbocycles. The van der Waals surface area contributed by atoms with Gasteiger partial charge in [-0.15, -0.1) is 0 Å². The van der Waals surface area contributed by atoms with Crippen LogP contribution in [-0.2, 0) is 22.7 Å². The number of rotatable bonds is 9. The summed E-state index contributed by atoms with van der Waals surface area (Å²) in [6, 6.07) is 8.70. The van der Waals surface area contributed by atoms with E-state index in [1.807, 2.05) is 26.1 Å². The fourth-order valence-corrected chi connectivity index (χ4v) is 2.54. The van der Waals surface area contributed by atoms with Crippen LogP contribution in [0.3, 0.4) is 0 Å². The van der Waals surface area contributed by atoms with E-state index in [0.29, 0.717) is 25.7 Å². The second kappa shape index (κ2) is 8.30. The first-order valence-electron chi connectivity index (χ1n) is 8.22. The predicted molar refractivity (Wildman–Crippen MR) is 88.4 cm³/mol. The molecule has 0 heterocycles. The first kappa shape index (κ1) is 17.0. The van der Waals surface area contributed by atoms with Gasteiger partial charge in [-0.2, -0.15) is 0 Å². The van der Waals surface area contributed by atoms with Crippen LogP contribution in [0.1, 0.15) is 37.8 Å². The van der Waals surface area contributed by atoms with Gasteiger partial charge in [0.1, 0.15) is 0 Å². The van der Waals surface area contributed by atoms with Gasteiger partial charge in [0.2, 0.25) is 5.91 Å². The summed E-state index contributed by atoms with van der Waals surface area (Å²) in [6.07, 6.45) is 2.61. The molecule has 0 radical (unpaired) electrons. The van der Waals surface area contributed by atoms with Gasteiger partial charge in [0.25, 0.3) is 0 Å². The number of nitrogens with zero attached hydrogens (tertiary/aromatic N) is 1. The standard InChI is InChI=1S/C18H28N2O2/c1-4-22-13-16-7-5-15(6-8-16)11-19-18(21)12-20(3)14(2)17-9-10-17/h5-8,14,17H,4,9-13H2,1-3H3,(H,19,21). The number of ether oxygens (including phenoxy) is 1. The third-order valence-electron chi connectivity index (χ3n) is 4.38. The quantitative estimate of drug-likeness (QED) is 0.762. The van der Waals surface area contributed by atoms with Gasteiger partial charge < -0.3 is 10.1 Å². The fraction of sp³-hybridized carbons (Fsp3) is 0.611. The smallest absolute Gasteiger partial charge is 0.234 e. The van der Waals surface area contributed by atoms with E-state index < -0.39 is 0 Å². The fourth-order valence-electron chi connectivity index (χ4n) is 2.54. The van der Waals surface area contributed by atoms with Crippen LogP contribution in [-0.4, -0.2) is 37.0 Å². The Hall–Kier alpha value is -1.39. The molecule has 1 N–H and O–H groups in total. The highest BCUT2D eigenvalue weighted by Crippen LogP contribution is 2.34. The van der Waals surface area contributed by atoms with E-state index in [-0.39, 0.29) is 5.91 Å². The Morgan fingerprint density at radius 2 is 1.95 bits per heavy atom. The first-order chi connectivity index (χ1) is 10.6. The summed E-state index contributed by atoms with van der Waals surface area (Å²) >= 11 is 0. The molecule has 22 heavy (non-hydrogen) atoms. The largest absolute Gasteiger partial charge is 0.377 e. The second-order valence-corrected chi connectivity index (χ2v) is 6.22. The van der Waals surface area contributed by atoms with Crippen molar-refractivity contribution >= 4 is 5.91 Å². The minimum absolute atomic E-state index is 0.0911. The summed E-state index contributed by atoms with van der Waals surface area (Å²) in [5.41, 5.74) is 2.28. The van der Waals surface area contributed by atoms with Crippen molar-refractivity contribution in [3.63, 3.8) is 0 Å². The highest BCUT2D eigenvalue weighted by Gasteiger charge is 2.30. The van der Waals surface area contributed by atoms with Gasteiger partial charge >= 0.3 is 0 Å². The van der Waals surface area contributed by atoms with Crippen LogP contribution in [0, 0.1) is 5.92 Å². The zero-order valence-corrected chi connectivity index (χ0v) is 14.0. The number of hydrogen-bond acceptors (Lipinski definition) is 3. The highest BCUT2D eigenvalue weighted by atomic mass is 16.5. The van der Waals surface area contributed by atoms with Crippen molar-refractivity contribution in [2.75, 3.05) is 20.2 Å². The molecule has 0 bridgehead atoms. The number of hydrogen-bond donors (Lipinski definition) is 1. The number of amides is 1. The van der Waals surface area contributed by atoms with Gasteiger partial charge in [-0.25, -0.2) is 0 Å². The van der Waals surface area contributed by atoms with E-state index in [0.717, 1.165) is 23.7 Å². The molecule has 1 saturated carbocycles. The van der Waals surface area contributed by atoms with Crippen LogP contribution in [0.2, 0.25) is 0 Å². The molecule has 122 valence electrons. The maximum Gasteiger partial charge on any atom is 0.234 e. The minimum Gasteiger partial charge on any atom is -0.377 e. The van der Waals surface area contributed by atoms with Crippen molar-refractivity contribution in [1.82, 2.24) is 10.2 Å². The third-order valence-corrected chi connectivity index (χ3v) is 4.38. The topological polar surface area (TPSA) is 41.6 Å². The van der Waals surface area contributed by atoms with Gasteiger partial charge in [-0.1, -0.05) is 24.3 Å². The summed E-state index contributed by atoms with van der Waals surface area (Å²) in [5.74, 6) is 0.879. The lowest BCUT2D eigenvalue weighted by atomic mass is 10.1. The number of carbonyl (C=O) groups excluding carboxylic acids is 1. The van der Waals surface area contributed by atoms with Crippen LogP contribution in [0.4, 0.5) is 0 Å². The Bertz CT molecular complexity index is 468. The molecular weight excluding hydrogens is 276 g/mol. The van der Waals surface area contributed by atoms with E-state index in [9.17, 15) is 4.79 Å². The minimum atomic E-state index is 0.0911. The van der Waals surface area contributed by atoms with E-state index in [1.165, 1.54) is 12.8 Å². The van der Waals surface area contributed by atoms with Crippen molar-refractivity contribution in [3.05, 3.63) is 35.4 Å². The third kappa shape index (κ3) is 5.43. The summed E-state index contributed by atoms with van der Waals surface area (Å²) in [5, 5.41) is 2.99. The van der Waals surface area contributed by atoms with Crippen molar-refractivity contribution in [2.24, 2.45) is 5.92 Å². The molecule has 1 amide bonds. The molecule has 4 heteroatoms. The molecule has 1 atom stereocenters. The van der Waals surface area contributed by atoms with Crippen molar-refractivity contribution in [2.45, 2.75) is 45.9 Å². The predicted octanol–water partition coefficient (Wildman–Crippen LogP) is 2.57. The number of benzene rings is 1. The van der Waals surface area contributed by atoms with Crippen LogP contribution in [0.25, 0.3) is 0 Å². The van der Waals surface area contributed by atoms with E-state index in [1.54, 1.807) is 0 Å². The normalized spacial score (nSPS) is 15.8. The van der Waals surface area contributed by atoms with Gasteiger partial charge in [0.05, 0.1) is 13.2 Å². The Labute approximate surface area is 133 Å². The molecule has 1 aliphatic rings. The second-order valence-electron chi connectivity index (χ2n) is 6.22. The molecule has 0 aromatic heterocycles. The maximum atomic E-state index is 12.0. The average Bonchev–Trinajstić information content (AvgIpc) is 3.36. The van der Waals surface area contributed by atoms with Gasteiger partial charge in [0.15, 0.2) is 0 Å². The summed E-state index contributed by atoms with van der Waals surface area (Å²) in [6.45, 7) is 6.63. The van der Waals surface area contributed by atoms with Crippen molar-refractivity contribution < 1.29 is 9.53 Å². The van der Waals surface area contributed by atoms with Crippen molar-refractivity contribution in [1.29, 1.82) is 0 Å². The summed E-state index contributed by atoms with van der Waals surface area (Å²) < 4.78 is 5.37. The average molecular weight is 304 g/mol. The summed E-state index contributed by atoms with van der Waals surface area (Å²) in [4.78, 5) is 14.2.